The zero-order valence-corrected chi connectivity index (χ0v) is 18.5. The molecule has 7 heteroatoms. The van der Waals surface area contributed by atoms with Gasteiger partial charge in [0.2, 0.25) is 0 Å². The van der Waals surface area contributed by atoms with Gasteiger partial charge in [-0.05, 0) is 49.7 Å². The summed E-state index contributed by atoms with van der Waals surface area (Å²) in [6, 6.07) is 4.90. The van der Waals surface area contributed by atoms with E-state index in [0.29, 0.717) is 31.0 Å². The highest BCUT2D eigenvalue weighted by Gasteiger charge is 2.37. The van der Waals surface area contributed by atoms with Crippen molar-refractivity contribution >= 4 is 8.32 Å². The molecular formula is C20H32FN3O2Si. The molecule has 0 radical (unpaired) electrons. The fraction of sp³-hybridized carbons (Fsp3) is 0.600. The number of aromatic nitrogens is 3. The standard InChI is InChI=1S/C20H32FN3O2Si/c1-8-20(5,25)14-24-16(13-26-27(6,7)19(2,3)4)11-18(23-24)17-10-9-15(21)12-22-17/h9-12,25H,8,13-14H2,1-7H3. The van der Waals surface area contributed by atoms with Crippen LogP contribution in [0.1, 0.15) is 46.7 Å². The molecule has 0 spiro atoms. The van der Waals surface area contributed by atoms with Crippen molar-refractivity contribution < 1.29 is 13.9 Å². The lowest BCUT2D eigenvalue weighted by molar-refractivity contribution is 0.0328. The van der Waals surface area contributed by atoms with E-state index in [-0.39, 0.29) is 10.9 Å². The van der Waals surface area contributed by atoms with Crippen molar-refractivity contribution in [3.05, 3.63) is 35.9 Å². The minimum absolute atomic E-state index is 0.105. The molecule has 0 bridgehead atoms. The molecular weight excluding hydrogens is 361 g/mol. The van der Waals surface area contributed by atoms with Crippen LogP contribution in [-0.4, -0.2) is 33.8 Å². The molecule has 150 valence electrons. The van der Waals surface area contributed by atoms with Crippen LogP contribution in [0.25, 0.3) is 11.4 Å². The number of hydrogen-bond donors (Lipinski definition) is 1. The predicted molar refractivity (Wildman–Crippen MR) is 108 cm³/mol. The first-order valence-corrected chi connectivity index (χ1v) is 12.3. The van der Waals surface area contributed by atoms with Gasteiger partial charge in [0, 0.05) is 0 Å². The van der Waals surface area contributed by atoms with Crippen LogP contribution >= 0.6 is 0 Å². The highest BCUT2D eigenvalue weighted by molar-refractivity contribution is 6.74. The first-order valence-electron chi connectivity index (χ1n) is 9.40. The molecule has 1 N–H and O–H groups in total. The van der Waals surface area contributed by atoms with Crippen LogP contribution in [0.4, 0.5) is 4.39 Å². The van der Waals surface area contributed by atoms with Crippen LogP contribution < -0.4 is 0 Å². The van der Waals surface area contributed by atoms with E-state index in [9.17, 15) is 9.50 Å². The normalized spacial score (nSPS) is 15.0. The number of halogens is 1. The summed E-state index contributed by atoms with van der Waals surface area (Å²) in [4.78, 5) is 4.12. The second kappa shape index (κ2) is 7.81. The Kier molecular flexibility index (Phi) is 6.29. The molecule has 0 amide bonds. The van der Waals surface area contributed by atoms with Gasteiger partial charge in [0.1, 0.15) is 11.5 Å². The summed E-state index contributed by atoms with van der Waals surface area (Å²) in [6.07, 6.45) is 1.79. The van der Waals surface area contributed by atoms with E-state index < -0.39 is 13.9 Å². The zero-order valence-electron chi connectivity index (χ0n) is 17.5. The summed E-state index contributed by atoms with van der Waals surface area (Å²) in [5, 5.41) is 15.2. The van der Waals surface area contributed by atoms with E-state index in [4.69, 9.17) is 4.43 Å². The fourth-order valence-corrected chi connectivity index (χ4v) is 3.21. The number of aliphatic hydroxyl groups is 1. The van der Waals surface area contributed by atoms with Gasteiger partial charge in [0.25, 0.3) is 0 Å². The third kappa shape index (κ3) is 5.46. The van der Waals surface area contributed by atoms with Crippen molar-refractivity contribution in [2.24, 2.45) is 0 Å². The molecule has 0 fully saturated rings. The maximum Gasteiger partial charge on any atom is 0.192 e. The zero-order chi connectivity index (χ0) is 20.5. The lowest BCUT2D eigenvalue weighted by atomic mass is 10.0. The fourth-order valence-electron chi connectivity index (χ4n) is 2.27. The summed E-state index contributed by atoms with van der Waals surface area (Å²) >= 11 is 0. The number of rotatable bonds is 7. The molecule has 27 heavy (non-hydrogen) atoms. The Hall–Kier alpha value is -1.57. The van der Waals surface area contributed by atoms with Crippen molar-refractivity contribution in [1.29, 1.82) is 0 Å². The van der Waals surface area contributed by atoms with Gasteiger partial charge in [-0.15, -0.1) is 0 Å². The van der Waals surface area contributed by atoms with Crippen LogP contribution in [0.5, 0.6) is 0 Å². The van der Waals surface area contributed by atoms with Gasteiger partial charge in [0.05, 0.1) is 36.3 Å². The number of nitrogens with zero attached hydrogens (tertiary/aromatic N) is 3. The van der Waals surface area contributed by atoms with E-state index in [2.05, 4.69) is 43.9 Å². The van der Waals surface area contributed by atoms with E-state index in [1.165, 1.54) is 12.3 Å². The predicted octanol–water partition coefficient (Wildman–Crippen LogP) is 4.77. The summed E-state index contributed by atoms with van der Waals surface area (Å²) in [6.45, 7) is 15.5. The molecule has 2 aromatic heterocycles. The first-order chi connectivity index (χ1) is 12.3. The molecule has 5 nitrogen and oxygen atoms in total. The third-order valence-electron chi connectivity index (χ3n) is 5.49. The highest BCUT2D eigenvalue weighted by Crippen LogP contribution is 2.37. The van der Waals surface area contributed by atoms with E-state index in [1.54, 1.807) is 17.7 Å². The molecule has 2 rings (SSSR count). The van der Waals surface area contributed by atoms with E-state index >= 15 is 0 Å². The Balaban J connectivity index is 2.34. The van der Waals surface area contributed by atoms with Crippen molar-refractivity contribution in [3.8, 4) is 11.4 Å². The Morgan fingerprint density at radius 2 is 1.85 bits per heavy atom. The van der Waals surface area contributed by atoms with Gasteiger partial charge >= 0.3 is 0 Å². The lowest BCUT2D eigenvalue weighted by Crippen LogP contribution is -2.40. The van der Waals surface area contributed by atoms with Crippen molar-refractivity contribution in [2.45, 2.75) is 77.9 Å². The SMILES string of the molecule is CCC(C)(O)Cn1nc(-c2ccc(F)cn2)cc1CO[Si](C)(C)C(C)(C)C. The lowest BCUT2D eigenvalue weighted by Gasteiger charge is -2.36. The van der Waals surface area contributed by atoms with Crippen LogP contribution in [-0.2, 0) is 17.6 Å². The molecule has 0 aliphatic carbocycles. The van der Waals surface area contributed by atoms with Gasteiger partial charge in [-0.25, -0.2) is 4.39 Å². The second-order valence-corrected chi connectivity index (χ2v) is 13.7. The van der Waals surface area contributed by atoms with Crippen LogP contribution in [0.15, 0.2) is 24.4 Å². The maximum absolute atomic E-state index is 13.2. The minimum atomic E-state index is -1.92. The van der Waals surface area contributed by atoms with Gasteiger partial charge in [-0.2, -0.15) is 5.10 Å². The van der Waals surface area contributed by atoms with Gasteiger partial charge < -0.3 is 9.53 Å². The Labute approximate surface area is 162 Å². The molecule has 0 saturated carbocycles. The molecule has 1 atom stereocenters. The van der Waals surface area contributed by atoms with Crippen molar-refractivity contribution in [3.63, 3.8) is 0 Å². The smallest absolute Gasteiger partial charge is 0.192 e. The van der Waals surface area contributed by atoms with Gasteiger partial charge in [0.15, 0.2) is 8.32 Å². The van der Waals surface area contributed by atoms with E-state index in [0.717, 1.165) is 5.69 Å². The summed E-state index contributed by atoms with van der Waals surface area (Å²) in [5.74, 6) is -0.381. The van der Waals surface area contributed by atoms with Crippen LogP contribution in [0.2, 0.25) is 18.1 Å². The molecule has 1 unspecified atom stereocenters. The topological polar surface area (TPSA) is 60.2 Å². The average molecular weight is 394 g/mol. The number of pyridine rings is 1. The molecule has 2 heterocycles. The van der Waals surface area contributed by atoms with Crippen LogP contribution in [0, 0.1) is 5.82 Å². The molecule has 0 aliphatic rings. The quantitative estimate of drug-likeness (QED) is 0.689. The Bertz CT molecular complexity index is 765. The highest BCUT2D eigenvalue weighted by atomic mass is 28.4. The van der Waals surface area contributed by atoms with Gasteiger partial charge in [-0.1, -0.05) is 27.7 Å². The Morgan fingerprint density at radius 3 is 2.37 bits per heavy atom. The summed E-state index contributed by atoms with van der Waals surface area (Å²) < 4.78 is 21.3. The van der Waals surface area contributed by atoms with Crippen molar-refractivity contribution in [2.75, 3.05) is 0 Å². The van der Waals surface area contributed by atoms with Gasteiger partial charge in [-0.3, -0.25) is 9.67 Å². The second-order valence-electron chi connectivity index (χ2n) is 8.94. The summed E-state index contributed by atoms with van der Waals surface area (Å²) in [5.41, 5.74) is 1.26. The first kappa shape index (κ1) is 21.7. The Morgan fingerprint density at radius 1 is 1.19 bits per heavy atom. The minimum Gasteiger partial charge on any atom is -0.411 e. The van der Waals surface area contributed by atoms with Crippen molar-refractivity contribution in [1.82, 2.24) is 14.8 Å². The largest absolute Gasteiger partial charge is 0.411 e. The third-order valence-corrected chi connectivity index (χ3v) is 9.97. The number of hydrogen-bond acceptors (Lipinski definition) is 4. The van der Waals surface area contributed by atoms with E-state index in [1.807, 2.05) is 13.0 Å². The van der Waals surface area contributed by atoms with Crippen LogP contribution in [0.3, 0.4) is 0 Å². The molecule has 0 saturated heterocycles. The average Bonchev–Trinajstić information content (AvgIpc) is 2.95. The summed E-state index contributed by atoms with van der Waals surface area (Å²) in [7, 11) is -1.92. The maximum atomic E-state index is 13.2. The monoisotopic (exact) mass is 393 g/mol. The molecule has 2 aromatic rings. The molecule has 0 aliphatic heterocycles. The molecule has 0 aromatic carbocycles.